The second kappa shape index (κ2) is 6.70. The number of hydrogen-bond donors (Lipinski definition) is 2. The van der Waals surface area contributed by atoms with Crippen molar-refractivity contribution in [1.82, 2.24) is 19.5 Å². The number of rotatable bonds is 1. The van der Waals surface area contributed by atoms with Crippen LogP contribution in [0.4, 0.5) is 5.95 Å². The zero-order valence-corrected chi connectivity index (χ0v) is 17.7. The Labute approximate surface area is 177 Å². The molecule has 12 heteroatoms. The normalized spacial score (nSPS) is 37.5. The number of anilines is 1. The number of aromatic nitrogens is 4. The Hall–Kier alpha value is -1.60. The molecule has 0 aromatic carbocycles. The molecule has 11 nitrogen and oxygen atoms in total. The minimum absolute atomic E-state index is 0.0132. The van der Waals surface area contributed by atoms with Gasteiger partial charge in [-0.3, -0.25) is 4.57 Å². The smallest absolute Gasteiger partial charge is 0.223 e. The first-order chi connectivity index (χ1) is 14.0. The number of imidazole rings is 1. The van der Waals surface area contributed by atoms with Gasteiger partial charge in [0.05, 0.1) is 12.9 Å². The zero-order valence-electron chi connectivity index (χ0n) is 17.0. The molecule has 3 N–H and O–H groups in total. The molecular weight excluding hydrogens is 418 g/mol. The van der Waals surface area contributed by atoms with Crippen LogP contribution in [-0.4, -0.2) is 73.3 Å². The summed E-state index contributed by atoms with van der Waals surface area (Å²) in [7, 11) is 0. The largest absolute Gasteiger partial charge is 0.386 e. The van der Waals surface area contributed by atoms with Gasteiger partial charge >= 0.3 is 0 Å². The second-order valence-electron chi connectivity index (χ2n) is 8.61. The van der Waals surface area contributed by atoms with Gasteiger partial charge in [0.25, 0.3) is 0 Å². The molecule has 2 aromatic rings. The van der Waals surface area contributed by atoms with Gasteiger partial charge in [-0.25, -0.2) is 4.98 Å². The van der Waals surface area contributed by atoms with Crippen LogP contribution < -0.4 is 5.73 Å². The molecule has 3 aliphatic heterocycles. The second-order valence-corrected chi connectivity index (χ2v) is 8.97. The molecule has 3 saturated heterocycles. The van der Waals surface area contributed by atoms with Crippen molar-refractivity contribution in [1.29, 1.82) is 0 Å². The number of hydrogen-bond acceptors (Lipinski definition) is 10. The Kier molecular flexibility index (Phi) is 4.53. The molecule has 0 amide bonds. The number of fused-ring (bicyclic) bond motifs is 4. The molecule has 0 radical (unpaired) electrons. The van der Waals surface area contributed by atoms with Gasteiger partial charge in [-0.15, -0.1) is 0 Å². The number of aliphatic hydroxyl groups excluding tert-OH is 1. The molecule has 2 aromatic heterocycles. The molecule has 5 rings (SSSR count). The summed E-state index contributed by atoms with van der Waals surface area (Å²) in [4.78, 5) is 12.4. The van der Waals surface area contributed by atoms with E-state index in [4.69, 9.17) is 41.0 Å². The van der Waals surface area contributed by atoms with Crippen molar-refractivity contribution in [3.63, 3.8) is 0 Å². The van der Waals surface area contributed by atoms with Crippen LogP contribution in [-0.2, 0) is 23.7 Å². The first-order valence-electron chi connectivity index (χ1n) is 9.71. The average molecular weight is 442 g/mol. The third-order valence-electron chi connectivity index (χ3n) is 5.48. The highest BCUT2D eigenvalue weighted by Crippen LogP contribution is 2.43. The van der Waals surface area contributed by atoms with E-state index in [1.807, 2.05) is 13.8 Å². The Morgan fingerprint density at radius 2 is 1.80 bits per heavy atom. The lowest BCUT2D eigenvalue weighted by Gasteiger charge is -2.42. The van der Waals surface area contributed by atoms with Gasteiger partial charge in [-0.05, 0) is 27.7 Å². The summed E-state index contributed by atoms with van der Waals surface area (Å²) in [5.41, 5.74) is 6.45. The summed E-state index contributed by atoms with van der Waals surface area (Å²) >= 11 is 6.16. The average Bonchev–Trinajstić information content (AvgIpc) is 3.18. The summed E-state index contributed by atoms with van der Waals surface area (Å²) in [6, 6.07) is 0. The predicted molar refractivity (Wildman–Crippen MR) is 103 cm³/mol. The highest BCUT2D eigenvalue weighted by atomic mass is 35.5. The van der Waals surface area contributed by atoms with Gasteiger partial charge < -0.3 is 34.5 Å². The molecule has 6 atom stereocenters. The van der Waals surface area contributed by atoms with Crippen molar-refractivity contribution in [3.8, 4) is 0 Å². The number of nitrogens with zero attached hydrogens (tertiary/aromatic N) is 4. The Morgan fingerprint density at radius 3 is 2.57 bits per heavy atom. The lowest BCUT2D eigenvalue weighted by Crippen LogP contribution is -2.55. The maximum Gasteiger partial charge on any atom is 0.223 e. The van der Waals surface area contributed by atoms with Crippen molar-refractivity contribution in [3.05, 3.63) is 11.5 Å². The van der Waals surface area contributed by atoms with E-state index in [1.54, 1.807) is 18.4 Å². The van der Waals surface area contributed by atoms with Gasteiger partial charge in [-0.1, -0.05) is 11.6 Å². The van der Waals surface area contributed by atoms with E-state index in [1.165, 1.54) is 6.33 Å². The summed E-state index contributed by atoms with van der Waals surface area (Å²) < 4.78 is 32.0. The topological polar surface area (TPSA) is 136 Å². The lowest BCUT2D eigenvalue weighted by molar-refractivity contribution is -0.332. The van der Waals surface area contributed by atoms with Crippen LogP contribution in [0.1, 0.15) is 33.9 Å². The van der Waals surface area contributed by atoms with Crippen molar-refractivity contribution in [2.45, 2.75) is 76.0 Å². The van der Waals surface area contributed by atoms with Gasteiger partial charge in [0, 0.05) is 0 Å². The SMILES string of the molecule is CC1(C)OCC2OC(n3cnc4c(Cl)nc(N)nc43)C(O)[C@H]3OC(C)(C)OC3[C@@H]2O1. The first kappa shape index (κ1) is 20.3. The van der Waals surface area contributed by atoms with Crippen LogP contribution in [0.2, 0.25) is 5.15 Å². The van der Waals surface area contributed by atoms with E-state index in [0.717, 1.165) is 0 Å². The summed E-state index contributed by atoms with van der Waals surface area (Å²) in [5.74, 6) is -1.74. The van der Waals surface area contributed by atoms with Gasteiger partial charge in [0.15, 0.2) is 28.6 Å². The molecule has 5 heterocycles. The summed E-state index contributed by atoms with van der Waals surface area (Å²) in [6.45, 7) is 7.48. The lowest BCUT2D eigenvalue weighted by atomic mass is 9.99. The number of aliphatic hydroxyl groups is 1. The highest BCUT2D eigenvalue weighted by molar-refractivity contribution is 6.33. The fourth-order valence-corrected chi connectivity index (χ4v) is 4.50. The zero-order chi connectivity index (χ0) is 21.4. The third kappa shape index (κ3) is 3.25. The van der Waals surface area contributed by atoms with Crippen LogP contribution in [0.3, 0.4) is 0 Å². The van der Waals surface area contributed by atoms with Crippen molar-refractivity contribution >= 4 is 28.7 Å². The van der Waals surface area contributed by atoms with E-state index in [0.29, 0.717) is 11.2 Å². The molecule has 0 aliphatic carbocycles. The minimum atomic E-state index is -1.12. The fraction of sp³-hybridized carbons (Fsp3) is 0.722. The van der Waals surface area contributed by atoms with Gasteiger partial charge in [0.1, 0.15) is 36.0 Å². The van der Waals surface area contributed by atoms with Crippen molar-refractivity contribution < 1.29 is 28.8 Å². The van der Waals surface area contributed by atoms with E-state index in [9.17, 15) is 5.11 Å². The molecule has 0 saturated carbocycles. The number of nitrogen functional groups attached to an aromatic ring is 1. The Morgan fingerprint density at radius 1 is 1.10 bits per heavy atom. The van der Waals surface area contributed by atoms with Crippen LogP contribution in [0.5, 0.6) is 0 Å². The van der Waals surface area contributed by atoms with Crippen LogP contribution in [0.15, 0.2) is 6.33 Å². The van der Waals surface area contributed by atoms with Crippen LogP contribution in [0, 0.1) is 0 Å². The number of halogens is 1. The molecular formula is C18H24ClN5O6. The summed E-state index contributed by atoms with van der Waals surface area (Å²) in [6.07, 6.45) is -2.90. The van der Waals surface area contributed by atoms with Gasteiger partial charge in [-0.2, -0.15) is 9.97 Å². The quantitative estimate of drug-likeness (QED) is 0.616. The third-order valence-corrected chi connectivity index (χ3v) is 5.75. The van der Waals surface area contributed by atoms with E-state index in [-0.39, 0.29) is 17.7 Å². The van der Waals surface area contributed by atoms with Crippen molar-refractivity contribution in [2.75, 3.05) is 12.3 Å². The fourth-order valence-electron chi connectivity index (χ4n) is 4.28. The minimum Gasteiger partial charge on any atom is -0.386 e. The van der Waals surface area contributed by atoms with E-state index >= 15 is 0 Å². The molecule has 3 fully saturated rings. The molecule has 3 aliphatic rings. The Bertz CT molecular complexity index is 983. The summed E-state index contributed by atoms with van der Waals surface area (Å²) in [5, 5.41) is 11.4. The standard InChI is InChI=1S/C18H24ClN5O6/c1-17(2)26-5-7-10(28-17)12-11(29-18(3,4)30-12)9(25)15(27-7)24-6-21-8-13(19)22-16(20)23-14(8)24/h6-7,9-12,15,25H,5H2,1-4H3,(H2,20,22,23)/t7?,9?,10-,11-,12?,15?/m1/s1. The molecule has 0 bridgehead atoms. The van der Waals surface area contributed by atoms with Gasteiger partial charge in [0.2, 0.25) is 5.95 Å². The van der Waals surface area contributed by atoms with Crippen LogP contribution in [0.25, 0.3) is 11.2 Å². The van der Waals surface area contributed by atoms with Crippen molar-refractivity contribution in [2.24, 2.45) is 0 Å². The molecule has 0 spiro atoms. The number of ether oxygens (including phenoxy) is 5. The first-order valence-corrected chi connectivity index (χ1v) is 10.1. The van der Waals surface area contributed by atoms with E-state index in [2.05, 4.69) is 15.0 Å². The molecule has 4 unspecified atom stereocenters. The predicted octanol–water partition coefficient (Wildman–Crippen LogP) is 0.992. The molecule has 164 valence electrons. The van der Waals surface area contributed by atoms with Crippen LogP contribution >= 0.6 is 11.6 Å². The highest BCUT2D eigenvalue weighted by Gasteiger charge is 2.58. The van der Waals surface area contributed by atoms with E-state index < -0.39 is 48.3 Å². The monoisotopic (exact) mass is 441 g/mol. The maximum absolute atomic E-state index is 11.3. The number of nitrogens with two attached hydrogens (primary N) is 1. The molecule has 30 heavy (non-hydrogen) atoms. The maximum atomic E-state index is 11.3. The Balaban J connectivity index is 1.59.